The van der Waals surface area contributed by atoms with Crippen molar-refractivity contribution in [2.45, 2.75) is 46.8 Å². The molecular weight excluding hydrogens is 476 g/mol. The standard InChI is InChI=1S/C24H31ClN4O4S/c1-14(2)13-29(34(6,31)32)18-7-8-26-23(11-18)27-16(5)19-9-17-10-20(25)22(33-15(3)4)12-21(17)28-24(19)30/h7-12,14-16H,13H2,1-6H3,(H,26,27)(H,28,30). The number of fused-ring (bicyclic) bond motifs is 1. The van der Waals surface area contributed by atoms with Crippen LogP contribution in [-0.4, -0.2) is 37.3 Å². The second-order valence-electron chi connectivity index (χ2n) is 9.04. The minimum atomic E-state index is -3.46. The average molecular weight is 507 g/mol. The quantitative estimate of drug-likeness (QED) is 0.425. The lowest BCUT2D eigenvalue weighted by Crippen LogP contribution is -2.33. The van der Waals surface area contributed by atoms with Gasteiger partial charge < -0.3 is 15.0 Å². The minimum Gasteiger partial charge on any atom is -0.489 e. The number of aromatic nitrogens is 2. The molecule has 3 aromatic rings. The fourth-order valence-corrected chi connectivity index (χ4v) is 4.89. The Morgan fingerprint density at radius 1 is 1.15 bits per heavy atom. The van der Waals surface area contributed by atoms with Crippen LogP contribution in [-0.2, 0) is 10.0 Å². The van der Waals surface area contributed by atoms with Crippen molar-refractivity contribution in [2.24, 2.45) is 5.92 Å². The van der Waals surface area contributed by atoms with Gasteiger partial charge in [-0.1, -0.05) is 25.4 Å². The molecule has 0 amide bonds. The van der Waals surface area contributed by atoms with E-state index in [9.17, 15) is 13.2 Å². The molecule has 0 aliphatic carbocycles. The molecule has 0 spiro atoms. The first-order chi connectivity index (χ1) is 15.8. The smallest absolute Gasteiger partial charge is 0.253 e. The number of aromatic amines is 1. The Labute approximate surface area is 205 Å². The summed E-state index contributed by atoms with van der Waals surface area (Å²) in [6.45, 7) is 9.91. The van der Waals surface area contributed by atoms with Gasteiger partial charge in [0.05, 0.1) is 34.6 Å². The molecule has 0 aliphatic heterocycles. The van der Waals surface area contributed by atoms with Crippen LogP contribution in [0.2, 0.25) is 5.02 Å². The van der Waals surface area contributed by atoms with Crippen LogP contribution in [0.15, 0.2) is 41.3 Å². The Morgan fingerprint density at radius 2 is 1.85 bits per heavy atom. The maximum absolute atomic E-state index is 12.8. The summed E-state index contributed by atoms with van der Waals surface area (Å²) in [6.07, 6.45) is 2.68. The fraction of sp³-hybridized carbons (Fsp3) is 0.417. The summed E-state index contributed by atoms with van der Waals surface area (Å²) < 4.78 is 31.7. The van der Waals surface area contributed by atoms with E-state index in [1.165, 1.54) is 10.6 Å². The van der Waals surface area contributed by atoms with Crippen LogP contribution in [0, 0.1) is 5.92 Å². The number of ether oxygens (including phenoxy) is 1. The molecule has 1 aromatic carbocycles. The molecule has 0 aliphatic rings. The molecule has 2 heterocycles. The highest BCUT2D eigenvalue weighted by molar-refractivity contribution is 7.92. The summed E-state index contributed by atoms with van der Waals surface area (Å²) >= 11 is 6.37. The normalized spacial score (nSPS) is 12.9. The zero-order valence-electron chi connectivity index (χ0n) is 20.2. The third-order valence-corrected chi connectivity index (χ3v) is 6.54. The minimum absolute atomic E-state index is 0.0485. The van der Waals surface area contributed by atoms with Crippen molar-refractivity contribution in [2.75, 3.05) is 22.4 Å². The summed E-state index contributed by atoms with van der Waals surface area (Å²) in [4.78, 5) is 20.0. The summed E-state index contributed by atoms with van der Waals surface area (Å²) in [5, 5.41) is 4.43. The molecule has 10 heteroatoms. The molecule has 8 nitrogen and oxygen atoms in total. The highest BCUT2D eigenvalue weighted by Gasteiger charge is 2.20. The molecule has 0 bridgehead atoms. The Bertz CT molecular complexity index is 1340. The SMILES string of the molecule is CC(C)CN(c1ccnc(NC(C)c2cc3cc(Cl)c(OC(C)C)cc3[nH]c2=O)c1)S(C)(=O)=O. The molecule has 1 unspecified atom stereocenters. The van der Waals surface area contributed by atoms with E-state index in [0.29, 0.717) is 39.9 Å². The predicted molar refractivity (Wildman–Crippen MR) is 139 cm³/mol. The molecular formula is C24H31ClN4O4S. The van der Waals surface area contributed by atoms with E-state index in [2.05, 4.69) is 15.3 Å². The number of nitrogens with one attached hydrogen (secondary N) is 2. The van der Waals surface area contributed by atoms with Gasteiger partial charge >= 0.3 is 0 Å². The van der Waals surface area contributed by atoms with Gasteiger partial charge in [0.15, 0.2) is 0 Å². The Balaban J connectivity index is 1.91. The molecule has 3 rings (SSSR count). The van der Waals surface area contributed by atoms with Crippen molar-refractivity contribution in [3.05, 3.63) is 57.5 Å². The van der Waals surface area contributed by atoms with Crippen LogP contribution in [0.5, 0.6) is 5.75 Å². The summed E-state index contributed by atoms with van der Waals surface area (Å²) in [5.74, 6) is 1.12. The monoisotopic (exact) mass is 506 g/mol. The number of rotatable bonds is 9. The predicted octanol–water partition coefficient (Wildman–Crippen LogP) is 4.96. The number of hydrogen-bond donors (Lipinski definition) is 2. The highest BCUT2D eigenvalue weighted by Crippen LogP contribution is 2.31. The Kier molecular flexibility index (Phi) is 7.77. The van der Waals surface area contributed by atoms with E-state index in [1.54, 1.807) is 36.5 Å². The van der Waals surface area contributed by atoms with Crippen molar-refractivity contribution in [3.8, 4) is 5.75 Å². The zero-order valence-corrected chi connectivity index (χ0v) is 21.8. The fourth-order valence-electron chi connectivity index (χ4n) is 3.61. The lowest BCUT2D eigenvalue weighted by molar-refractivity contribution is 0.243. The lowest BCUT2D eigenvalue weighted by atomic mass is 10.1. The van der Waals surface area contributed by atoms with Crippen LogP contribution >= 0.6 is 11.6 Å². The number of anilines is 2. The molecule has 1 atom stereocenters. The summed E-state index contributed by atoms with van der Waals surface area (Å²) in [5.41, 5.74) is 1.38. The van der Waals surface area contributed by atoms with Crippen LogP contribution in [0.1, 0.15) is 46.2 Å². The van der Waals surface area contributed by atoms with Crippen LogP contribution in [0.25, 0.3) is 10.9 Å². The van der Waals surface area contributed by atoms with E-state index < -0.39 is 16.1 Å². The van der Waals surface area contributed by atoms with Crippen molar-refractivity contribution in [3.63, 3.8) is 0 Å². The number of sulfonamides is 1. The van der Waals surface area contributed by atoms with Crippen LogP contribution in [0.4, 0.5) is 11.5 Å². The van der Waals surface area contributed by atoms with Gasteiger partial charge in [-0.3, -0.25) is 9.10 Å². The molecule has 0 radical (unpaired) electrons. The van der Waals surface area contributed by atoms with E-state index in [-0.39, 0.29) is 17.6 Å². The Morgan fingerprint density at radius 3 is 2.47 bits per heavy atom. The van der Waals surface area contributed by atoms with Gasteiger partial charge in [-0.05, 0) is 44.9 Å². The third-order valence-electron chi connectivity index (χ3n) is 5.08. The summed E-state index contributed by atoms with van der Waals surface area (Å²) in [7, 11) is -3.46. The van der Waals surface area contributed by atoms with E-state index in [4.69, 9.17) is 16.3 Å². The zero-order chi connectivity index (χ0) is 25.2. The van der Waals surface area contributed by atoms with Crippen LogP contribution < -0.4 is 19.9 Å². The second-order valence-corrected chi connectivity index (χ2v) is 11.4. The molecule has 2 aromatic heterocycles. The number of halogens is 1. The first kappa shape index (κ1) is 25.8. The Hall–Kier alpha value is -2.78. The average Bonchev–Trinajstić information content (AvgIpc) is 2.71. The molecule has 184 valence electrons. The molecule has 34 heavy (non-hydrogen) atoms. The first-order valence-corrected chi connectivity index (χ1v) is 13.3. The van der Waals surface area contributed by atoms with Gasteiger partial charge in [0.25, 0.3) is 5.56 Å². The van der Waals surface area contributed by atoms with Crippen molar-refractivity contribution in [1.82, 2.24) is 9.97 Å². The number of hydrogen-bond acceptors (Lipinski definition) is 6. The third kappa shape index (κ3) is 6.21. The van der Waals surface area contributed by atoms with Gasteiger partial charge in [-0.2, -0.15) is 0 Å². The first-order valence-electron chi connectivity index (χ1n) is 11.1. The van der Waals surface area contributed by atoms with Gasteiger partial charge in [0, 0.05) is 35.8 Å². The molecule has 0 saturated heterocycles. The number of benzene rings is 1. The number of pyridine rings is 2. The molecule has 0 saturated carbocycles. The molecule has 0 fully saturated rings. The second kappa shape index (κ2) is 10.2. The van der Waals surface area contributed by atoms with Crippen molar-refractivity contribution in [1.29, 1.82) is 0 Å². The van der Waals surface area contributed by atoms with Crippen LogP contribution in [0.3, 0.4) is 0 Å². The van der Waals surface area contributed by atoms with E-state index in [1.807, 2.05) is 34.6 Å². The van der Waals surface area contributed by atoms with Crippen molar-refractivity contribution < 1.29 is 13.2 Å². The van der Waals surface area contributed by atoms with Gasteiger partial charge in [0.2, 0.25) is 10.0 Å². The number of H-pyrrole nitrogens is 1. The molecule has 2 N–H and O–H groups in total. The lowest BCUT2D eigenvalue weighted by Gasteiger charge is -2.25. The van der Waals surface area contributed by atoms with Gasteiger partial charge in [-0.15, -0.1) is 0 Å². The van der Waals surface area contributed by atoms with Crippen molar-refractivity contribution >= 4 is 44.0 Å². The number of nitrogens with zero attached hydrogens (tertiary/aromatic N) is 2. The van der Waals surface area contributed by atoms with Gasteiger partial charge in [-0.25, -0.2) is 13.4 Å². The van der Waals surface area contributed by atoms with E-state index in [0.717, 1.165) is 5.39 Å². The summed E-state index contributed by atoms with van der Waals surface area (Å²) in [6, 6.07) is 8.18. The maximum atomic E-state index is 12.8. The largest absolute Gasteiger partial charge is 0.489 e. The maximum Gasteiger partial charge on any atom is 0.253 e. The highest BCUT2D eigenvalue weighted by atomic mass is 35.5. The van der Waals surface area contributed by atoms with Gasteiger partial charge in [0.1, 0.15) is 11.6 Å². The topological polar surface area (TPSA) is 104 Å². The van der Waals surface area contributed by atoms with E-state index >= 15 is 0 Å².